The van der Waals surface area contributed by atoms with Crippen molar-refractivity contribution in [2.24, 2.45) is 11.3 Å². The molecule has 1 saturated carbocycles. The van der Waals surface area contributed by atoms with Gasteiger partial charge in [0.1, 0.15) is 4.33 Å². The van der Waals surface area contributed by atoms with Crippen LogP contribution in [0.4, 0.5) is 0 Å². The second-order valence-electron chi connectivity index (χ2n) is 5.42. The predicted octanol–water partition coefficient (Wildman–Crippen LogP) is 4.74. The zero-order valence-corrected chi connectivity index (χ0v) is 14.0. The van der Waals surface area contributed by atoms with Gasteiger partial charge in [-0.25, -0.2) is 0 Å². The normalized spacial score (nSPS) is 28.8. The Kier molecular flexibility index (Phi) is 4.30. The number of alkyl halides is 2. The van der Waals surface area contributed by atoms with E-state index in [1.54, 1.807) is 0 Å². The number of carbonyl (C=O) groups excluding carboxylic acids is 1. The Morgan fingerprint density at radius 3 is 2.25 bits per heavy atom. The molecule has 2 rings (SSSR count). The van der Waals surface area contributed by atoms with Crippen LogP contribution in [0.2, 0.25) is 5.02 Å². The van der Waals surface area contributed by atoms with Gasteiger partial charge in [0, 0.05) is 10.9 Å². The van der Waals surface area contributed by atoms with Gasteiger partial charge in [0.15, 0.2) is 0 Å². The van der Waals surface area contributed by atoms with E-state index in [1.165, 1.54) is 0 Å². The average molecular weight is 335 g/mol. The minimum atomic E-state index is -0.967. The van der Waals surface area contributed by atoms with Crippen LogP contribution < -0.4 is 5.32 Å². The van der Waals surface area contributed by atoms with E-state index in [1.807, 2.05) is 45.0 Å². The largest absolute Gasteiger partial charge is 0.349 e. The maximum atomic E-state index is 12.5. The highest BCUT2D eigenvalue weighted by molar-refractivity contribution is 6.53. The van der Waals surface area contributed by atoms with E-state index in [4.69, 9.17) is 34.8 Å². The number of carbonyl (C=O) groups is 1. The van der Waals surface area contributed by atoms with E-state index in [9.17, 15) is 4.79 Å². The lowest BCUT2D eigenvalue weighted by atomic mass is 9.98. The van der Waals surface area contributed by atoms with Gasteiger partial charge in [0.2, 0.25) is 5.91 Å². The Hall–Kier alpha value is -0.440. The Labute approximate surface area is 134 Å². The van der Waals surface area contributed by atoms with Gasteiger partial charge in [0.05, 0.1) is 11.5 Å². The average Bonchev–Trinajstić information content (AvgIpc) is 2.84. The quantitative estimate of drug-likeness (QED) is 0.792. The summed E-state index contributed by atoms with van der Waals surface area (Å²) in [5.41, 5.74) is 0.314. The molecule has 1 fully saturated rings. The minimum Gasteiger partial charge on any atom is -0.349 e. The van der Waals surface area contributed by atoms with Crippen molar-refractivity contribution in [3.63, 3.8) is 0 Å². The number of hydrogen-bond acceptors (Lipinski definition) is 1. The molecule has 5 heteroatoms. The second-order valence-corrected chi connectivity index (χ2v) is 7.24. The van der Waals surface area contributed by atoms with Gasteiger partial charge >= 0.3 is 0 Å². The molecule has 1 aliphatic rings. The SMILES string of the molecule is CC[C@]1(C(=O)NC(C)c2ccc(Cl)cc2)[C@@H](C)C1(Cl)Cl. The van der Waals surface area contributed by atoms with E-state index in [2.05, 4.69) is 5.32 Å². The maximum Gasteiger partial charge on any atom is 0.230 e. The summed E-state index contributed by atoms with van der Waals surface area (Å²) in [5.74, 6) is -0.124. The summed E-state index contributed by atoms with van der Waals surface area (Å²) in [7, 11) is 0. The van der Waals surface area contributed by atoms with Crippen molar-refractivity contribution < 1.29 is 4.79 Å². The highest BCUT2D eigenvalue weighted by Gasteiger charge is 2.76. The zero-order chi connectivity index (χ0) is 15.1. The number of amides is 1. The highest BCUT2D eigenvalue weighted by Crippen LogP contribution is 2.70. The first-order chi connectivity index (χ1) is 9.27. The Morgan fingerprint density at radius 2 is 1.85 bits per heavy atom. The fourth-order valence-corrected chi connectivity index (χ4v) is 4.01. The molecule has 0 spiro atoms. The fourth-order valence-electron chi connectivity index (χ4n) is 2.85. The molecule has 3 atom stereocenters. The van der Waals surface area contributed by atoms with Gasteiger partial charge in [-0.1, -0.05) is 37.6 Å². The van der Waals surface area contributed by atoms with Gasteiger partial charge < -0.3 is 5.32 Å². The third-order valence-electron chi connectivity index (χ3n) is 4.47. The van der Waals surface area contributed by atoms with Gasteiger partial charge in [-0.15, -0.1) is 23.2 Å². The van der Waals surface area contributed by atoms with Crippen molar-refractivity contribution in [1.82, 2.24) is 5.32 Å². The molecule has 110 valence electrons. The molecule has 1 unspecified atom stereocenters. The number of hydrogen-bond donors (Lipinski definition) is 1. The molecule has 0 bridgehead atoms. The molecule has 2 nitrogen and oxygen atoms in total. The monoisotopic (exact) mass is 333 g/mol. The topological polar surface area (TPSA) is 29.1 Å². The van der Waals surface area contributed by atoms with Crippen LogP contribution in [-0.2, 0) is 4.79 Å². The molecular weight excluding hydrogens is 317 g/mol. The summed E-state index contributed by atoms with van der Waals surface area (Å²) in [6, 6.07) is 7.30. The Balaban J connectivity index is 2.11. The highest BCUT2D eigenvalue weighted by atomic mass is 35.5. The predicted molar refractivity (Wildman–Crippen MR) is 84.3 cm³/mol. The molecule has 0 radical (unpaired) electrons. The molecule has 1 aromatic carbocycles. The summed E-state index contributed by atoms with van der Waals surface area (Å²) in [6.45, 7) is 5.78. The van der Waals surface area contributed by atoms with Gasteiger partial charge in [-0.05, 0) is 31.0 Å². The van der Waals surface area contributed by atoms with Crippen molar-refractivity contribution >= 4 is 40.7 Å². The molecule has 20 heavy (non-hydrogen) atoms. The van der Waals surface area contributed by atoms with Crippen LogP contribution in [0.1, 0.15) is 38.8 Å². The third kappa shape index (κ3) is 2.32. The molecule has 1 aliphatic carbocycles. The van der Waals surface area contributed by atoms with Crippen LogP contribution in [0.5, 0.6) is 0 Å². The molecule has 0 saturated heterocycles. The van der Waals surface area contributed by atoms with E-state index >= 15 is 0 Å². The van der Waals surface area contributed by atoms with E-state index in [0.717, 1.165) is 5.56 Å². The summed E-state index contributed by atoms with van der Waals surface area (Å²) in [6.07, 6.45) is 0.625. The molecule has 1 amide bonds. The lowest BCUT2D eigenvalue weighted by Gasteiger charge is -2.20. The summed E-state index contributed by atoms with van der Waals surface area (Å²) >= 11 is 18.4. The maximum absolute atomic E-state index is 12.5. The van der Waals surface area contributed by atoms with E-state index in [0.29, 0.717) is 11.4 Å². The van der Waals surface area contributed by atoms with Crippen LogP contribution >= 0.6 is 34.8 Å². The van der Waals surface area contributed by atoms with Crippen LogP contribution in [0.25, 0.3) is 0 Å². The number of nitrogens with one attached hydrogen (secondary N) is 1. The van der Waals surface area contributed by atoms with E-state index in [-0.39, 0.29) is 17.9 Å². The van der Waals surface area contributed by atoms with Crippen LogP contribution in [-0.4, -0.2) is 10.2 Å². The van der Waals surface area contributed by atoms with Gasteiger partial charge in [-0.3, -0.25) is 4.79 Å². The standard InChI is InChI=1S/C15H18Cl3NO/c1-4-14(10(3)15(14,17)18)13(20)19-9(2)11-5-7-12(16)8-6-11/h5-10H,4H2,1-3H3,(H,19,20)/t9?,10-,14-/m1/s1. The molecule has 0 aromatic heterocycles. The number of rotatable bonds is 4. The van der Waals surface area contributed by atoms with Crippen molar-refractivity contribution in [3.05, 3.63) is 34.9 Å². The molecule has 1 N–H and O–H groups in total. The number of benzene rings is 1. The Bertz CT molecular complexity index is 514. The van der Waals surface area contributed by atoms with Crippen molar-refractivity contribution in [2.75, 3.05) is 0 Å². The zero-order valence-electron chi connectivity index (χ0n) is 11.7. The summed E-state index contributed by atoms with van der Waals surface area (Å²) < 4.78 is -0.967. The van der Waals surface area contributed by atoms with Crippen molar-refractivity contribution in [1.29, 1.82) is 0 Å². The first-order valence-electron chi connectivity index (χ1n) is 6.71. The second kappa shape index (κ2) is 5.40. The lowest BCUT2D eigenvalue weighted by molar-refractivity contribution is -0.127. The molecule has 1 aromatic rings. The summed E-state index contributed by atoms with van der Waals surface area (Å²) in [4.78, 5) is 12.5. The molecule has 0 aliphatic heterocycles. The smallest absolute Gasteiger partial charge is 0.230 e. The first kappa shape index (κ1) is 15.9. The van der Waals surface area contributed by atoms with Crippen molar-refractivity contribution in [3.8, 4) is 0 Å². The van der Waals surface area contributed by atoms with Crippen LogP contribution in [0.15, 0.2) is 24.3 Å². The third-order valence-corrected chi connectivity index (χ3v) is 6.06. The summed E-state index contributed by atoms with van der Waals surface area (Å²) in [5, 5.41) is 3.68. The minimum absolute atomic E-state index is 0.0410. The van der Waals surface area contributed by atoms with E-state index < -0.39 is 9.75 Å². The fraction of sp³-hybridized carbons (Fsp3) is 0.533. The lowest BCUT2D eigenvalue weighted by Crippen LogP contribution is -2.36. The van der Waals surface area contributed by atoms with Gasteiger partial charge in [-0.2, -0.15) is 0 Å². The molecular formula is C15H18Cl3NO. The van der Waals surface area contributed by atoms with Crippen LogP contribution in [0.3, 0.4) is 0 Å². The Morgan fingerprint density at radius 1 is 1.35 bits per heavy atom. The molecule has 0 heterocycles. The van der Waals surface area contributed by atoms with Gasteiger partial charge in [0.25, 0.3) is 0 Å². The van der Waals surface area contributed by atoms with Crippen LogP contribution in [0, 0.1) is 11.3 Å². The van der Waals surface area contributed by atoms with Crippen molar-refractivity contribution in [2.45, 2.75) is 37.6 Å². The first-order valence-corrected chi connectivity index (χ1v) is 7.85. The number of halogens is 3.